The molecule has 0 aromatic heterocycles. The standard InChI is InChI=1S/C15H24N2O2S/c1-13-7-4-5-10-17(13)12-14-8-6-9-15(11-14)20(18,19)16(2)3/h6,8-9,11,13H,4-5,7,10,12H2,1-3H3. The Balaban J connectivity index is 2.18. The number of benzene rings is 1. The Hall–Kier alpha value is -0.910. The largest absolute Gasteiger partial charge is 0.296 e. The van der Waals surface area contributed by atoms with E-state index in [0.29, 0.717) is 10.9 Å². The monoisotopic (exact) mass is 296 g/mol. The van der Waals surface area contributed by atoms with Gasteiger partial charge in [0, 0.05) is 26.7 Å². The minimum Gasteiger partial charge on any atom is -0.296 e. The van der Waals surface area contributed by atoms with Gasteiger partial charge >= 0.3 is 0 Å². The van der Waals surface area contributed by atoms with Gasteiger partial charge in [-0.25, -0.2) is 12.7 Å². The number of likely N-dealkylation sites (tertiary alicyclic amines) is 1. The van der Waals surface area contributed by atoms with Crippen LogP contribution in [0.3, 0.4) is 0 Å². The van der Waals surface area contributed by atoms with Crippen LogP contribution in [-0.4, -0.2) is 44.3 Å². The normalized spacial score (nSPS) is 21.3. The third-order valence-electron chi connectivity index (χ3n) is 4.00. The summed E-state index contributed by atoms with van der Waals surface area (Å²) in [5, 5.41) is 0. The first kappa shape index (κ1) is 15.5. The lowest BCUT2D eigenvalue weighted by Crippen LogP contribution is -2.36. The molecule has 1 aromatic rings. The Morgan fingerprint density at radius 1 is 1.30 bits per heavy atom. The number of sulfonamides is 1. The third kappa shape index (κ3) is 3.40. The summed E-state index contributed by atoms with van der Waals surface area (Å²) in [6.07, 6.45) is 3.77. The van der Waals surface area contributed by atoms with Crippen LogP contribution in [0.5, 0.6) is 0 Å². The second kappa shape index (κ2) is 6.24. The first-order valence-electron chi connectivity index (χ1n) is 7.17. The molecule has 5 heteroatoms. The first-order chi connectivity index (χ1) is 9.41. The Morgan fingerprint density at radius 3 is 2.70 bits per heavy atom. The van der Waals surface area contributed by atoms with E-state index in [0.717, 1.165) is 18.7 Å². The highest BCUT2D eigenvalue weighted by atomic mass is 32.2. The van der Waals surface area contributed by atoms with E-state index >= 15 is 0 Å². The summed E-state index contributed by atoms with van der Waals surface area (Å²) in [7, 11) is -0.211. The van der Waals surface area contributed by atoms with E-state index in [-0.39, 0.29) is 0 Å². The maximum atomic E-state index is 12.2. The van der Waals surface area contributed by atoms with Crippen molar-refractivity contribution in [3.05, 3.63) is 29.8 Å². The zero-order valence-corrected chi connectivity index (χ0v) is 13.4. The van der Waals surface area contributed by atoms with Gasteiger partial charge in [-0.05, 0) is 44.0 Å². The lowest BCUT2D eigenvalue weighted by atomic mass is 10.0. The molecule has 0 bridgehead atoms. The fourth-order valence-electron chi connectivity index (χ4n) is 2.64. The van der Waals surface area contributed by atoms with Crippen LogP contribution in [-0.2, 0) is 16.6 Å². The van der Waals surface area contributed by atoms with Gasteiger partial charge in [-0.1, -0.05) is 18.6 Å². The molecule has 0 saturated carbocycles. The topological polar surface area (TPSA) is 40.6 Å². The van der Waals surface area contributed by atoms with Crippen molar-refractivity contribution in [1.82, 2.24) is 9.21 Å². The van der Waals surface area contributed by atoms with Gasteiger partial charge in [0.05, 0.1) is 4.90 Å². The lowest BCUT2D eigenvalue weighted by molar-refractivity contribution is 0.152. The summed E-state index contributed by atoms with van der Waals surface area (Å²) in [6, 6.07) is 7.89. The van der Waals surface area contributed by atoms with Crippen LogP contribution in [0.4, 0.5) is 0 Å². The van der Waals surface area contributed by atoms with Crippen molar-refractivity contribution < 1.29 is 8.42 Å². The van der Waals surface area contributed by atoms with Crippen LogP contribution >= 0.6 is 0 Å². The quantitative estimate of drug-likeness (QED) is 0.856. The molecule has 0 spiro atoms. The average molecular weight is 296 g/mol. The van der Waals surface area contributed by atoms with Crippen molar-refractivity contribution in [2.24, 2.45) is 0 Å². The minimum absolute atomic E-state index is 0.379. The molecule has 1 heterocycles. The van der Waals surface area contributed by atoms with E-state index in [4.69, 9.17) is 0 Å². The molecule has 112 valence electrons. The lowest BCUT2D eigenvalue weighted by Gasteiger charge is -2.33. The number of piperidine rings is 1. The summed E-state index contributed by atoms with van der Waals surface area (Å²) in [4.78, 5) is 2.81. The van der Waals surface area contributed by atoms with Gasteiger partial charge in [0.25, 0.3) is 0 Å². The molecule has 1 fully saturated rings. The van der Waals surface area contributed by atoms with Gasteiger partial charge in [-0.3, -0.25) is 4.90 Å². The van der Waals surface area contributed by atoms with Gasteiger partial charge < -0.3 is 0 Å². The first-order valence-corrected chi connectivity index (χ1v) is 8.61. The van der Waals surface area contributed by atoms with Crippen LogP contribution in [0, 0.1) is 0 Å². The van der Waals surface area contributed by atoms with Crippen LogP contribution in [0.1, 0.15) is 31.7 Å². The van der Waals surface area contributed by atoms with Crippen LogP contribution in [0.25, 0.3) is 0 Å². The Bertz CT molecular complexity index is 555. The van der Waals surface area contributed by atoms with Crippen LogP contribution < -0.4 is 0 Å². The van der Waals surface area contributed by atoms with Crippen molar-refractivity contribution in [2.75, 3.05) is 20.6 Å². The highest BCUT2D eigenvalue weighted by molar-refractivity contribution is 7.89. The zero-order valence-electron chi connectivity index (χ0n) is 12.5. The second-order valence-electron chi connectivity index (χ2n) is 5.75. The molecule has 0 N–H and O–H groups in total. The molecule has 1 atom stereocenters. The van der Waals surface area contributed by atoms with Crippen molar-refractivity contribution in [3.8, 4) is 0 Å². The Labute approximate surface area is 122 Å². The van der Waals surface area contributed by atoms with Gasteiger partial charge in [-0.15, -0.1) is 0 Å². The van der Waals surface area contributed by atoms with Crippen molar-refractivity contribution >= 4 is 10.0 Å². The Morgan fingerprint density at radius 2 is 2.05 bits per heavy atom. The molecule has 1 aromatic carbocycles. The van der Waals surface area contributed by atoms with E-state index in [1.54, 1.807) is 26.2 Å². The second-order valence-corrected chi connectivity index (χ2v) is 7.90. The minimum atomic E-state index is -3.34. The number of nitrogens with zero attached hydrogens (tertiary/aromatic N) is 2. The highest BCUT2D eigenvalue weighted by Crippen LogP contribution is 2.21. The molecule has 1 aliphatic rings. The molecule has 1 saturated heterocycles. The summed E-state index contributed by atoms with van der Waals surface area (Å²) >= 11 is 0. The molecular weight excluding hydrogens is 272 g/mol. The Kier molecular flexibility index (Phi) is 4.83. The van der Waals surface area contributed by atoms with Crippen molar-refractivity contribution in [3.63, 3.8) is 0 Å². The molecule has 20 heavy (non-hydrogen) atoms. The molecule has 0 aliphatic carbocycles. The number of hydrogen-bond acceptors (Lipinski definition) is 3. The smallest absolute Gasteiger partial charge is 0.242 e. The average Bonchev–Trinajstić information content (AvgIpc) is 2.41. The molecule has 1 aliphatic heterocycles. The predicted octanol–water partition coefficient (Wildman–Crippen LogP) is 2.31. The summed E-state index contributed by atoms with van der Waals surface area (Å²) in [5.41, 5.74) is 1.07. The van der Waals surface area contributed by atoms with E-state index in [1.165, 1.54) is 23.6 Å². The van der Waals surface area contributed by atoms with Gasteiger partial charge in [-0.2, -0.15) is 0 Å². The zero-order chi connectivity index (χ0) is 14.8. The van der Waals surface area contributed by atoms with Crippen LogP contribution in [0.15, 0.2) is 29.2 Å². The van der Waals surface area contributed by atoms with Crippen molar-refractivity contribution in [2.45, 2.75) is 43.7 Å². The van der Waals surface area contributed by atoms with E-state index in [1.807, 2.05) is 12.1 Å². The van der Waals surface area contributed by atoms with E-state index in [9.17, 15) is 8.42 Å². The van der Waals surface area contributed by atoms with Gasteiger partial charge in [0.15, 0.2) is 0 Å². The summed E-state index contributed by atoms with van der Waals surface area (Å²) < 4.78 is 25.6. The van der Waals surface area contributed by atoms with E-state index in [2.05, 4.69) is 11.8 Å². The number of hydrogen-bond donors (Lipinski definition) is 0. The molecule has 2 rings (SSSR count). The number of rotatable bonds is 4. The summed E-state index contributed by atoms with van der Waals surface area (Å²) in [6.45, 7) is 4.18. The highest BCUT2D eigenvalue weighted by Gasteiger charge is 2.20. The third-order valence-corrected chi connectivity index (χ3v) is 5.81. The fraction of sp³-hybridized carbons (Fsp3) is 0.600. The molecule has 0 radical (unpaired) electrons. The maximum absolute atomic E-state index is 12.2. The fourth-order valence-corrected chi connectivity index (χ4v) is 3.61. The SMILES string of the molecule is CC1CCCCN1Cc1cccc(S(=O)(=O)N(C)C)c1. The molecule has 0 amide bonds. The van der Waals surface area contributed by atoms with E-state index < -0.39 is 10.0 Å². The van der Waals surface area contributed by atoms with Gasteiger partial charge in [0.2, 0.25) is 10.0 Å². The van der Waals surface area contributed by atoms with Gasteiger partial charge in [0.1, 0.15) is 0 Å². The molecular formula is C15H24N2O2S. The summed E-state index contributed by atoms with van der Waals surface area (Å²) in [5.74, 6) is 0. The molecule has 1 unspecified atom stereocenters. The maximum Gasteiger partial charge on any atom is 0.242 e. The van der Waals surface area contributed by atoms with Crippen LogP contribution in [0.2, 0.25) is 0 Å². The predicted molar refractivity (Wildman–Crippen MR) is 81.0 cm³/mol. The molecule has 4 nitrogen and oxygen atoms in total. The van der Waals surface area contributed by atoms with Crippen molar-refractivity contribution in [1.29, 1.82) is 0 Å².